The molecule has 0 heterocycles. The number of hydrogen-bond acceptors (Lipinski definition) is 5. The number of hydrogen-bond donors (Lipinski definition) is 0. The molecule has 0 bridgehead atoms. The first-order chi connectivity index (χ1) is 12.8. The fourth-order valence-electron chi connectivity index (χ4n) is 2.57. The first-order valence-electron chi connectivity index (χ1n) is 10.00. The number of carbonyl (C=O) groups excluding carboxylic acids is 2. The van der Waals surface area contributed by atoms with Crippen molar-refractivity contribution in [1.82, 2.24) is 0 Å². The molecule has 27 heavy (non-hydrogen) atoms. The number of ether oxygens (including phenoxy) is 3. The fourth-order valence-corrected chi connectivity index (χ4v) is 2.57. The van der Waals surface area contributed by atoms with Crippen LogP contribution in [0.25, 0.3) is 0 Å². The van der Waals surface area contributed by atoms with E-state index in [4.69, 9.17) is 14.2 Å². The summed E-state index contributed by atoms with van der Waals surface area (Å²) in [6.07, 6.45) is 4.15. The van der Waals surface area contributed by atoms with Crippen molar-refractivity contribution in [2.24, 2.45) is 11.8 Å². The molecule has 5 nitrogen and oxygen atoms in total. The van der Waals surface area contributed by atoms with Gasteiger partial charge in [0.2, 0.25) is 0 Å². The molecule has 0 aromatic heterocycles. The van der Waals surface area contributed by atoms with E-state index in [1.807, 2.05) is 6.92 Å². The van der Waals surface area contributed by atoms with E-state index in [0.717, 1.165) is 25.7 Å². The van der Waals surface area contributed by atoms with Gasteiger partial charge < -0.3 is 14.2 Å². The average molecular weight is 379 g/mol. The molecule has 5 heteroatoms. The molecule has 0 aliphatic heterocycles. The molecule has 0 amide bonds. The maximum atomic E-state index is 12.1. The topological polar surface area (TPSA) is 61.8 Å². The molecule has 0 spiro atoms. The highest BCUT2D eigenvalue weighted by Gasteiger charge is 2.15. The summed E-state index contributed by atoms with van der Waals surface area (Å²) in [5, 5.41) is 0. The standard InChI is InChI=1S/C22H34O5/c1-6-25-18-13-14-19(26-21(23)11-7-9-16(2)3)20(15-18)27-22(24)12-8-10-17(4)5/h13-17H,6-12H2,1-5H3. The molecule has 0 N–H and O–H groups in total. The minimum absolute atomic E-state index is 0.229. The van der Waals surface area contributed by atoms with Gasteiger partial charge in [0.1, 0.15) is 5.75 Å². The van der Waals surface area contributed by atoms with Crippen LogP contribution in [0.4, 0.5) is 0 Å². The molecule has 0 aliphatic rings. The van der Waals surface area contributed by atoms with Gasteiger partial charge in [-0.25, -0.2) is 0 Å². The van der Waals surface area contributed by atoms with Crippen LogP contribution in [0.15, 0.2) is 18.2 Å². The van der Waals surface area contributed by atoms with Crippen molar-refractivity contribution in [3.05, 3.63) is 18.2 Å². The smallest absolute Gasteiger partial charge is 0.311 e. The third kappa shape index (κ3) is 10.0. The quantitative estimate of drug-likeness (QED) is 0.352. The predicted octanol–water partition coefficient (Wildman–Crippen LogP) is 5.55. The molecular formula is C22H34O5. The molecule has 1 aromatic carbocycles. The van der Waals surface area contributed by atoms with Crippen LogP contribution in [0, 0.1) is 11.8 Å². The summed E-state index contributed by atoms with van der Waals surface area (Å²) < 4.78 is 16.4. The van der Waals surface area contributed by atoms with Gasteiger partial charge >= 0.3 is 11.9 Å². The van der Waals surface area contributed by atoms with Crippen LogP contribution < -0.4 is 14.2 Å². The summed E-state index contributed by atoms with van der Waals surface area (Å²) in [4.78, 5) is 24.2. The number of esters is 2. The lowest BCUT2D eigenvalue weighted by atomic mass is 10.1. The first kappa shape index (κ1) is 23.0. The Balaban J connectivity index is 2.74. The summed E-state index contributed by atoms with van der Waals surface area (Å²) >= 11 is 0. The first-order valence-corrected chi connectivity index (χ1v) is 10.00. The molecular weight excluding hydrogens is 344 g/mol. The lowest BCUT2D eigenvalue weighted by Gasteiger charge is -2.13. The summed E-state index contributed by atoms with van der Waals surface area (Å²) in [5.74, 6) is 1.49. The average Bonchev–Trinajstić information content (AvgIpc) is 2.56. The van der Waals surface area contributed by atoms with E-state index in [-0.39, 0.29) is 23.4 Å². The number of benzene rings is 1. The Morgan fingerprint density at radius 3 is 1.85 bits per heavy atom. The largest absolute Gasteiger partial charge is 0.494 e. The van der Waals surface area contributed by atoms with Gasteiger partial charge in [0.05, 0.1) is 6.61 Å². The van der Waals surface area contributed by atoms with Crippen molar-refractivity contribution in [2.75, 3.05) is 6.61 Å². The molecule has 1 aromatic rings. The van der Waals surface area contributed by atoms with Crippen LogP contribution >= 0.6 is 0 Å². The molecule has 152 valence electrons. The van der Waals surface area contributed by atoms with E-state index >= 15 is 0 Å². The summed E-state index contributed by atoms with van der Waals surface area (Å²) in [6, 6.07) is 4.92. The van der Waals surface area contributed by atoms with Crippen LogP contribution in [0.5, 0.6) is 17.2 Å². The highest BCUT2D eigenvalue weighted by molar-refractivity contribution is 5.76. The monoisotopic (exact) mass is 378 g/mol. The third-order valence-electron chi connectivity index (χ3n) is 4.00. The maximum Gasteiger partial charge on any atom is 0.311 e. The van der Waals surface area contributed by atoms with Crippen molar-refractivity contribution in [2.45, 2.75) is 73.1 Å². The Hall–Kier alpha value is -2.04. The van der Waals surface area contributed by atoms with Gasteiger partial charge in [0.15, 0.2) is 11.5 Å². The molecule has 1 rings (SSSR count). The lowest BCUT2D eigenvalue weighted by molar-refractivity contribution is -0.137. The van der Waals surface area contributed by atoms with Crippen LogP contribution in [-0.4, -0.2) is 18.5 Å². The zero-order valence-corrected chi connectivity index (χ0v) is 17.4. The van der Waals surface area contributed by atoms with Crippen molar-refractivity contribution in [1.29, 1.82) is 0 Å². The van der Waals surface area contributed by atoms with E-state index in [1.165, 1.54) is 0 Å². The van der Waals surface area contributed by atoms with Crippen LogP contribution in [0.3, 0.4) is 0 Å². The van der Waals surface area contributed by atoms with Gasteiger partial charge in [0, 0.05) is 18.9 Å². The highest BCUT2D eigenvalue weighted by atomic mass is 16.6. The van der Waals surface area contributed by atoms with Crippen molar-refractivity contribution >= 4 is 11.9 Å². The van der Waals surface area contributed by atoms with Crippen molar-refractivity contribution in [3.8, 4) is 17.2 Å². The predicted molar refractivity (Wildman–Crippen MR) is 106 cm³/mol. The van der Waals surface area contributed by atoms with Gasteiger partial charge in [0.25, 0.3) is 0 Å². The highest BCUT2D eigenvalue weighted by Crippen LogP contribution is 2.32. The fraction of sp³-hybridized carbons (Fsp3) is 0.636. The molecule has 0 fully saturated rings. The van der Waals surface area contributed by atoms with Crippen LogP contribution in [0.1, 0.15) is 73.1 Å². The van der Waals surface area contributed by atoms with Gasteiger partial charge in [-0.05, 0) is 43.7 Å². The lowest BCUT2D eigenvalue weighted by Crippen LogP contribution is -2.12. The second kappa shape index (κ2) is 12.4. The number of rotatable bonds is 12. The zero-order valence-electron chi connectivity index (χ0n) is 17.4. The molecule has 0 saturated carbocycles. The second-order valence-electron chi connectivity index (χ2n) is 7.56. The van der Waals surface area contributed by atoms with E-state index in [2.05, 4.69) is 27.7 Å². The van der Waals surface area contributed by atoms with Crippen molar-refractivity contribution < 1.29 is 23.8 Å². The normalized spacial score (nSPS) is 10.9. The minimum Gasteiger partial charge on any atom is -0.494 e. The third-order valence-corrected chi connectivity index (χ3v) is 4.00. The Morgan fingerprint density at radius 2 is 1.37 bits per heavy atom. The van der Waals surface area contributed by atoms with Gasteiger partial charge in [-0.1, -0.05) is 40.5 Å². The summed E-state index contributed by atoms with van der Waals surface area (Å²) in [5.41, 5.74) is 0. The molecule has 0 atom stereocenters. The second-order valence-corrected chi connectivity index (χ2v) is 7.56. The van der Waals surface area contributed by atoms with Gasteiger partial charge in [-0.2, -0.15) is 0 Å². The van der Waals surface area contributed by atoms with Crippen LogP contribution in [0.2, 0.25) is 0 Å². The van der Waals surface area contributed by atoms with E-state index < -0.39 is 0 Å². The molecule has 0 unspecified atom stereocenters. The Morgan fingerprint density at radius 1 is 0.852 bits per heavy atom. The van der Waals surface area contributed by atoms with Crippen LogP contribution in [-0.2, 0) is 9.59 Å². The Bertz CT molecular complexity index is 592. The van der Waals surface area contributed by atoms with E-state index in [9.17, 15) is 9.59 Å². The molecule has 0 aliphatic carbocycles. The molecule has 0 radical (unpaired) electrons. The maximum absolute atomic E-state index is 12.1. The summed E-state index contributed by atoms with van der Waals surface area (Å²) in [6.45, 7) is 10.8. The van der Waals surface area contributed by atoms with E-state index in [0.29, 0.717) is 37.0 Å². The zero-order chi connectivity index (χ0) is 20.2. The summed E-state index contributed by atoms with van der Waals surface area (Å²) in [7, 11) is 0. The van der Waals surface area contributed by atoms with Gasteiger partial charge in [-0.15, -0.1) is 0 Å². The van der Waals surface area contributed by atoms with Gasteiger partial charge in [-0.3, -0.25) is 9.59 Å². The molecule has 0 saturated heterocycles. The Kier molecular flexibility index (Phi) is 10.5. The SMILES string of the molecule is CCOc1ccc(OC(=O)CCCC(C)C)c(OC(=O)CCCC(C)C)c1. The van der Waals surface area contributed by atoms with Crippen molar-refractivity contribution in [3.63, 3.8) is 0 Å². The van der Waals surface area contributed by atoms with E-state index in [1.54, 1.807) is 18.2 Å². The Labute approximate surface area is 163 Å². The minimum atomic E-state index is -0.332. The number of carbonyl (C=O) groups is 2.